The van der Waals surface area contributed by atoms with E-state index < -0.39 is 0 Å². The molecule has 0 radical (unpaired) electrons. The third-order valence-electron chi connectivity index (χ3n) is 3.27. The molecular weight excluding hydrogens is 226 g/mol. The van der Waals surface area contributed by atoms with Crippen molar-refractivity contribution < 1.29 is 0 Å². The first-order chi connectivity index (χ1) is 8.84. The van der Waals surface area contributed by atoms with Gasteiger partial charge >= 0.3 is 0 Å². The number of nitrogens with zero attached hydrogens (tertiary/aromatic N) is 3. The van der Waals surface area contributed by atoms with E-state index >= 15 is 0 Å². The molecule has 0 aromatic carbocycles. The first kappa shape index (κ1) is 11.2. The molecule has 1 aliphatic heterocycles. The highest BCUT2D eigenvalue weighted by atomic mass is 15.3. The lowest BCUT2D eigenvalue weighted by atomic mass is 10.2. The van der Waals surface area contributed by atoms with Crippen LogP contribution in [0, 0.1) is 6.92 Å². The Hall–Kier alpha value is -1.88. The molecule has 1 aliphatic rings. The molecule has 0 saturated carbocycles. The second-order valence-electron chi connectivity index (χ2n) is 4.57. The van der Waals surface area contributed by atoms with Crippen LogP contribution in [0.3, 0.4) is 0 Å². The Morgan fingerprint density at radius 3 is 2.72 bits per heavy atom. The van der Waals surface area contributed by atoms with Crippen molar-refractivity contribution in [1.82, 2.24) is 20.5 Å². The van der Waals surface area contributed by atoms with Gasteiger partial charge in [-0.1, -0.05) is 0 Å². The molecule has 0 unspecified atom stereocenters. The summed E-state index contributed by atoms with van der Waals surface area (Å²) >= 11 is 0. The number of aryl methyl sites for hydroxylation is 1. The van der Waals surface area contributed by atoms with E-state index in [0.29, 0.717) is 0 Å². The summed E-state index contributed by atoms with van der Waals surface area (Å²) in [6, 6.07) is 4.11. The SMILES string of the molecule is Cc1cc(-c2cc[nH]c2)nnc1N1CCNCC1. The number of hydrogen-bond acceptors (Lipinski definition) is 4. The van der Waals surface area contributed by atoms with Crippen molar-refractivity contribution in [3.63, 3.8) is 0 Å². The lowest BCUT2D eigenvalue weighted by Gasteiger charge is -2.29. The van der Waals surface area contributed by atoms with Gasteiger partial charge in [0.1, 0.15) is 0 Å². The lowest BCUT2D eigenvalue weighted by Crippen LogP contribution is -2.44. The smallest absolute Gasteiger partial charge is 0.154 e. The molecular formula is C13H17N5. The van der Waals surface area contributed by atoms with Crippen molar-refractivity contribution in [2.24, 2.45) is 0 Å². The van der Waals surface area contributed by atoms with Gasteiger partial charge in [-0.05, 0) is 24.6 Å². The van der Waals surface area contributed by atoms with Crippen molar-refractivity contribution in [2.75, 3.05) is 31.1 Å². The fraction of sp³-hybridized carbons (Fsp3) is 0.385. The van der Waals surface area contributed by atoms with Crippen molar-refractivity contribution in [2.45, 2.75) is 6.92 Å². The molecule has 94 valence electrons. The first-order valence-electron chi connectivity index (χ1n) is 6.28. The monoisotopic (exact) mass is 243 g/mol. The molecule has 2 N–H and O–H groups in total. The minimum atomic E-state index is 0.924. The number of H-pyrrole nitrogens is 1. The van der Waals surface area contributed by atoms with Crippen molar-refractivity contribution in [1.29, 1.82) is 0 Å². The highest BCUT2D eigenvalue weighted by Crippen LogP contribution is 2.22. The van der Waals surface area contributed by atoms with Crippen LogP contribution in [0.2, 0.25) is 0 Å². The van der Waals surface area contributed by atoms with Gasteiger partial charge in [0.15, 0.2) is 5.82 Å². The van der Waals surface area contributed by atoms with Crippen molar-refractivity contribution in [3.8, 4) is 11.3 Å². The van der Waals surface area contributed by atoms with Gasteiger partial charge in [-0.25, -0.2) is 0 Å². The number of rotatable bonds is 2. The van der Waals surface area contributed by atoms with Crippen LogP contribution in [0.1, 0.15) is 5.56 Å². The van der Waals surface area contributed by atoms with E-state index in [4.69, 9.17) is 0 Å². The van der Waals surface area contributed by atoms with E-state index in [2.05, 4.69) is 38.4 Å². The van der Waals surface area contributed by atoms with Gasteiger partial charge in [0.2, 0.25) is 0 Å². The molecule has 1 fully saturated rings. The Morgan fingerprint density at radius 2 is 2.06 bits per heavy atom. The Morgan fingerprint density at radius 1 is 1.22 bits per heavy atom. The zero-order valence-corrected chi connectivity index (χ0v) is 10.5. The molecule has 5 nitrogen and oxygen atoms in total. The van der Waals surface area contributed by atoms with Crippen LogP contribution in [-0.2, 0) is 0 Å². The van der Waals surface area contributed by atoms with E-state index in [0.717, 1.165) is 43.3 Å². The summed E-state index contributed by atoms with van der Waals surface area (Å²) in [5, 5.41) is 12.1. The zero-order chi connectivity index (χ0) is 12.4. The molecule has 0 atom stereocenters. The Kier molecular flexibility index (Phi) is 2.98. The lowest BCUT2D eigenvalue weighted by molar-refractivity contribution is 0.581. The van der Waals surface area contributed by atoms with Crippen LogP contribution >= 0.6 is 0 Å². The standard InChI is InChI=1S/C13H17N5/c1-10-8-12(11-2-3-15-9-11)16-17-13(10)18-6-4-14-5-7-18/h2-3,8-9,14-15H,4-7H2,1H3. The van der Waals surface area contributed by atoms with E-state index in [9.17, 15) is 0 Å². The summed E-state index contributed by atoms with van der Waals surface area (Å²) in [6.07, 6.45) is 3.84. The molecule has 3 rings (SSSR count). The maximum atomic E-state index is 4.39. The number of anilines is 1. The molecule has 0 bridgehead atoms. The summed E-state index contributed by atoms with van der Waals surface area (Å²) in [7, 11) is 0. The van der Waals surface area contributed by atoms with Crippen LogP contribution in [-0.4, -0.2) is 41.4 Å². The van der Waals surface area contributed by atoms with Crippen LogP contribution in [0.15, 0.2) is 24.5 Å². The summed E-state index contributed by atoms with van der Waals surface area (Å²) in [5.41, 5.74) is 3.19. The van der Waals surface area contributed by atoms with E-state index in [1.165, 1.54) is 5.56 Å². The summed E-state index contributed by atoms with van der Waals surface area (Å²) in [6.45, 7) is 6.13. The number of aromatic nitrogens is 3. The number of aromatic amines is 1. The van der Waals surface area contributed by atoms with Crippen molar-refractivity contribution in [3.05, 3.63) is 30.1 Å². The fourth-order valence-corrected chi connectivity index (χ4v) is 2.29. The number of piperazine rings is 1. The molecule has 3 heterocycles. The molecule has 0 amide bonds. The summed E-state index contributed by atoms with van der Waals surface area (Å²) in [5.74, 6) is 1.01. The molecule has 18 heavy (non-hydrogen) atoms. The normalized spacial score (nSPS) is 15.9. The Bertz CT molecular complexity index is 514. The summed E-state index contributed by atoms with van der Waals surface area (Å²) in [4.78, 5) is 5.33. The molecule has 5 heteroatoms. The highest BCUT2D eigenvalue weighted by Gasteiger charge is 2.15. The third-order valence-corrected chi connectivity index (χ3v) is 3.27. The minimum absolute atomic E-state index is 0.924. The second kappa shape index (κ2) is 4.78. The molecule has 0 aliphatic carbocycles. The summed E-state index contributed by atoms with van der Waals surface area (Å²) < 4.78 is 0. The molecule has 2 aromatic heterocycles. The fourth-order valence-electron chi connectivity index (χ4n) is 2.29. The average molecular weight is 243 g/mol. The predicted octanol–water partition coefficient (Wildman–Crippen LogP) is 1.19. The van der Waals surface area contributed by atoms with Gasteiger partial charge in [0.05, 0.1) is 5.69 Å². The molecule has 0 spiro atoms. The Balaban J connectivity index is 1.89. The first-order valence-corrected chi connectivity index (χ1v) is 6.28. The van der Waals surface area contributed by atoms with Crippen LogP contribution in [0.25, 0.3) is 11.3 Å². The number of hydrogen-bond donors (Lipinski definition) is 2. The largest absolute Gasteiger partial charge is 0.367 e. The van der Waals surface area contributed by atoms with Crippen LogP contribution < -0.4 is 10.2 Å². The van der Waals surface area contributed by atoms with Gasteiger partial charge in [-0.2, -0.15) is 0 Å². The van der Waals surface area contributed by atoms with Gasteiger partial charge in [-0.15, -0.1) is 10.2 Å². The van der Waals surface area contributed by atoms with Gasteiger partial charge in [0.25, 0.3) is 0 Å². The van der Waals surface area contributed by atoms with Gasteiger partial charge < -0.3 is 15.2 Å². The van der Waals surface area contributed by atoms with E-state index in [1.54, 1.807) is 0 Å². The minimum Gasteiger partial charge on any atom is -0.367 e. The van der Waals surface area contributed by atoms with Crippen LogP contribution in [0.5, 0.6) is 0 Å². The number of nitrogens with one attached hydrogen (secondary N) is 2. The second-order valence-corrected chi connectivity index (χ2v) is 4.57. The maximum absolute atomic E-state index is 4.39. The Labute approximate surface area is 106 Å². The van der Waals surface area contributed by atoms with E-state index in [1.807, 2.05) is 18.5 Å². The predicted molar refractivity (Wildman–Crippen MR) is 71.6 cm³/mol. The molecule has 2 aromatic rings. The van der Waals surface area contributed by atoms with Crippen molar-refractivity contribution >= 4 is 5.82 Å². The maximum Gasteiger partial charge on any atom is 0.154 e. The zero-order valence-electron chi connectivity index (χ0n) is 10.5. The van der Waals surface area contributed by atoms with Crippen LogP contribution in [0.4, 0.5) is 5.82 Å². The van der Waals surface area contributed by atoms with Gasteiger partial charge in [-0.3, -0.25) is 0 Å². The van der Waals surface area contributed by atoms with Gasteiger partial charge in [0, 0.05) is 44.1 Å². The highest BCUT2D eigenvalue weighted by molar-refractivity contribution is 5.61. The average Bonchev–Trinajstić information content (AvgIpc) is 2.93. The topological polar surface area (TPSA) is 56.8 Å². The third kappa shape index (κ3) is 2.09. The molecule has 1 saturated heterocycles. The quantitative estimate of drug-likeness (QED) is 0.832. The van der Waals surface area contributed by atoms with E-state index in [-0.39, 0.29) is 0 Å².